The standard InChI is InChI=1S/C13H19FN2O3S/c1-9(2)4-3-7-16-13(17)11-8-10(20(15,18)19)5-6-12(11)14/h5-6,8-9H,3-4,7H2,1-2H3,(H,16,17)(H2,15,18,19). The van der Waals surface area contributed by atoms with Crippen LogP contribution < -0.4 is 10.5 Å². The van der Waals surface area contributed by atoms with Crippen LogP contribution in [0, 0.1) is 11.7 Å². The van der Waals surface area contributed by atoms with Gasteiger partial charge < -0.3 is 5.32 Å². The molecule has 0 spiro atoms. The molecule has 0 aliphatic carbocycles. The number of hydrogen-bond acceptors (Lipinski definition) is 3. The Morgan fingerprint density at radius 2 is 2.05 bits per heavy atom. The van der Waals surface area contributed by atoms with Crippen LogP contribution in [0.1, 0.15) is 37.0 Å². The Bertz CT molecular complexity index is 585. The summed E-state index contributed by atoms with van der Waals surface area (Å²) in [4.78, 5) is 11.5. The zero-order chi connectivity index (χ0) is 15.3. The fourth-order valence-corrected chi connectivity index (χ4v) is 2.20. The highest BCUT2D eigenvalue weighted by molar-refractivity contribution is 7.89. The maximum Gasteiger partial charge on any atom is 0.254 e. The van der Waals surface area contributed by atoms with E-state index < -0.39 is 21.7 Å². The Morgan fingerprint density at radius 1 is 1.40 bits per heavy atom. The molecule has 1 aromatic rings. The topological polar surface area (TPSA) is 89.3 Å². The molecule has 112 valence electrons. The van der Waals surface area contributed by atoms with Crippen molar-refractivity contribution in [2.75, 3.05) is 6.54 Å². The van der Waals surface area contributed by atoms with Crippen LogP contribution in [-0.4, -0.2) is 20.9 Å². The summed E-state index contributed by atoms with van der Waals surface area (Å²) in [5.74, 6) is -0.898. The molecule has 0 aromatic heterocycles. The second kappa shape index (κ2) is 6.81. The van der Waals surface area contributed by atoms with Gasteiger partial charge in [0.05, 0.1) is 10.5 Å². The van der Waals surface area contributed by atoms with Gasteiger partial charge in [-0.2, -0.15) is 0 Å². The van der Waals surface area contributed by atoms with Crippen LogP contribution in [0.4, 0.5) is 4.39 Å². The van der Waals surface area contributed by atoms with E-state index in [9.17, 15) is 17.6 Å². The quantitative estimate of drug-likeness (QED) is 0.783. The van der Waals surface area contributed by atoms with Gasteiger partial charge in [0.15, 0.2) is 0 Å². The first kappa shape index (κ1) is 16.6. The number of halogens is 1. The minimum absolute atomic E-state index is 0.286. The van der Waals surface area contributed by atoms with Crippen LogP contribution in [0.15, 0.2) is 23.1 Å². The molecule has 3 N–H and O–H groups in total. The number of benzene rings is 1. The van der Waals surface area contributed by atoms with E-state index in [-0.39, 0.29) is 10.5 Å². The van der Waals surface area contributed by atoms with Crippen LogP contribution in [0.5, 0.6) is 0 Å². The van der Waals surface area contributed by atoms with E-state index in [1.807, 2.05) is 0 Å². The molecule has 7 heteroatoms. The average Bonchev–Trinajstić information content (AvgIpc) is 2.33. The smallest absolute Gasteiger partial charge is 0.254 e. The minimum Gasteiger partial charge on any atom is -0.352 e. The van der Waals surface area contributed by atoms with E-state index in [0.29, 0.717) is 12.5 Å². The maximum atomic E-state index is 13.5. The number of rotatable bonds is 6. The summed E-state index contributed by atoms with van der Waals surface area (Å²) >= 11 is 0. The van der Waals surface area contributed by atoms with E-state index in [4.69, 9.17) is 5.14 Å². The molecule has 0 heterocycles. The summed E-state index contributed by atoms with van der Waals surface area (Å²) in [5, 5.41) is 7.51. The normalized spacial score (nSPS) is 11.7. The molecule has 0 fully saturated rings. The van der Waals surface area contributed by atoms with Gasteiger partial charge in [0.25, 0.3) is 5.91 Å². The van der Waals surface area contributed by atoms with Gasteiger partial charge in [-0.05, 0) is 37.0 Å². The average molecular weight is 302 g/mol. The second-order valence-corrected chi connectivity index (χ2v) is 6.54. The summed E-state index contributed by atoms with van der Waals surface area (Å²) in [6.07, 6.45) is 1.72. The second-order valence-electron chi connectivity index (χ2n) is 4.98. The van der Waals surface area contributed by atoms with Gasteiger partial charge in [-0.1, -0.05) is 13.8 Å². The number of nitrogens with one attached hydrogen (secondary N) is 1. The third-order valence-corrected chi connectivity index (χ3v) is 3.67. The molecule has 1 rings (SSSR count). The lowest BCUT2D eigenvalue weighted by molar-refractivity contribution is 0.0948. The van der Waals surface area contributed by atoms with Crippen molar-refractivity contribution >= 4 is 15.9 Å². The first-order valence-corrected chi connectivity index (χ1v) is 7.87. The third kappa shape index (κ3) is 4.90. The molecule has 0 aliphatic heterocycles. The zero-order valence-corrected chi connectivity index (χ0v) is 12.3. The largest absolute Gasteiger partial charge is 0.352 e. The summed E-state index contributed by atoms with van der Waals surface area (Å²) < 4.78 is 35.9. The van der Waals surface area contributed by atoms with E-state index in [1.54, 1.807) is 0 Å². The molecule has 0 saturated heterocycles. The fraction of sp³-hybridized carbons (Fsp3) is 0.462. The lowest BCUT2D eigenvalue weighted by Gasteiger charge is -2.08. The van der Waals surface area contributed by atoms with Crippen molar-refractivity contribution in [2.24, 2.45) is 11.1 Å². The Hall–Kier alpha value is -1.47. The molecule has 20 heavy (non-hydrogen) atoms. The number of carbonyl (C=O) groups excluding carboxylic acids is 1. The van der Waals surface area contributed by atoms with E-state index >= 15 is 0 Å². The molecule has 0 radical (unpaired) electrons. The lowest BCUT2D eigenvalue weighted by atomic mass is 10.1. The molecule has 1 aromatic carbocycles. The van der Waals surface area contributed by atoms with Gasteiger partial charge in [-0.15, -0.1) is 0 Å². The molecule has 0 aliphatic rings. The van der Waals surface area contributed by atoms with Crippen LogP contribution in [0.2, 0.25) is 0 Å². The predicted molar refractivity (Wildman–Crippen MR) is 74.2 cm³/mol. The van der Waals surface area contributed by atoms with Crippen LogP contribution >= 0.6 is 0 Å². The molecule has 0 bridgehead atoms. The summed E-state index contributed by atoms with van der Waals surface area (Å²) in [7, 11) is -3.96. The van der Waals surface area contributed by atoms with Crippen LogP contribution in [0.3, 0.4) is 0 Å². The molecule has 0 unspecified atom stereocenters. The highest BCUT2D eigenvalue weighted by Gasteiger charge is 2.16. The Morgan fingerprint density at radius 3 is 2.60 bits per heavy atom. The van der Waals surface area contributed by atoms with E-state index in [1.165, 1.54) is 0 Å². The van der Waals surface area contributed by atoms with Crippen molar-refractivity contribution in [1.29, 1.82) is 0 Å². The van der Waals surface area contributed by atoms with Crippen molar-refractivity contribution in [2.45, 2.75) is 31.6 Å². The number of hydrogen-bond donors (Lipinski definition) is 2. The lowest BCUT2D eigenvalue weighted by Crippen LogP contribution is -2.26. The van der Waals surface area contributed by atoms with Gasteiger partial charge in [-0.25, -0.2) is 17.9 Å². The third-order valence-electron chi connectivity index (χ3n) is 2.75. The highest BCUT2D eigenvalue weighted by Crippen LogP contribution is 2.14. The fourth-order valence-electron chi connectivity index (χ4n) is 1.66. The molecule has 5 nitrogen and oxygen atoms in total. The summed E-state index contributed by atoms with van der Waals surface area (Å²) in [6.45, 7) is 4.55. The van der Waals surface area contributed by atoms with Crippen molar-refractivity contribution in [3.05, 3.63) is 29.6 Å². The highest BCUT2D eigenvalue weighted by atomic mass is 32.2. The number of primary sulfonamides is 1. The maximum absolute atomic E-state index is 13.5. The molecular formula is C13H19FN2O3S. The summed E-state index contributed by atoms with van der Waals surface area (Å²) in [6, 6.07) is 2.89. The van der Waals surface area contributed by atoms with Crippen molar-refractivity contribution in [3.63, 3.8) is 0 Å². The Balaban J connectivity index is 2.77. The molecular weight excluding hydrogens is 283 g/mol. The van der Waals surface area contributed by atoms with Crippen molar-refractivity contribution in [1.82, 2.24) is 5.32 Å². The first-order chi connectivity index (χ1) is 9.21. The Labute approximate surface area is 118 Å². The van der Waals surface area contributed by atoms with E-state index in [2.05, 4.69) is 19.2 Å². The van der Waals surface area contributed by atoms with Gasteiger partial charge in [0, 0.05) is 6.54 Å². The predicted octanol–water partition coefficient (Wildman–Crippen LogP) is 1.64. The van der Waals surface area contributed by atoms with Gasteiger partial charge in [-0.3, -0.25) is 4.79 Å². The zero-order valence-electron chi connectivity index (χ0n) is 11.5. The van der Waals surface area contributed by atoms with Gasteiger partial charge in [0.1, 0.15) is 5.82 Å². The van der Waals surface area contributed by atoms with Gasteiger partial charge >= 0.3 is 0 Å². The van der Waals surface area contributed by atoms with Crippen molar-refractivity contribution in [3.8, 4) is 0 Å². The number of amides is 1. The van der Waals surface area contributed by atoms with E-state index in [0.717, 1.165) is 31.0 Å². The SMILES string of the molecule is CC(C)CCCNC(=O)c1cc(S(N)(=O)=O)ccc1F. The number of carbonyl (C=O) groups is 1. The minimum atomic E-state index is -3.96. The molecule has 1 amide bonds. The van der Waals surface area contributed by atoms with Crippen molar-refractivity contribution < 1.29 is 17.6 Å². The van der Waals surface area contributed by atoms with Crippen LogP contribution in [-0.2, 0) is 10.0 Å². The number of nitrogens with two attached hydrogens (primary N) is 1. The van der Waals surface area contributed by atoms with Gasteiger partial charge in [0.2, 0.25) is 10.0 Å². The molecule has 0 saturated carbocycles. The Kier molecular flexibility index (Phi) is 5.64. The van der Waals surface area contributed by atoms with Crippen LogP contribution in [0.25, 0.3) is 0 Å². The first-order valence-electron chi connectivity index (χ1n) is 6.32. The summed E-state index contributed by atoms with van der Waals surface area (Å²) in [5.41, 5.74) is -0.318. The molecule has 0 atom stereocenters. The monoisotopic (exact) mass is 302 g/mol. The number of sulfonamides is 1.